The number of benzene rings is 3. The molecule has 3 rings (SSSR count). The summed E-state index contributed by atoms with van der Waals surface area (Å²) in [4.78, 5) is 0. The second-order valence-corrected chi connectivity index (χ2v) is 7.25. The van der Waals surface area contributed by atoms with Gasteiger partial charge in [0.25, 0.3) is 0 Å². The molecule has 0 aliphatic heterocycles. The van der Waals surface area contributed by atoms with Gasteiger partial charge in [0, 0.05) is 0 Å². The van der Waals surface area contributed by atoms with E-state index in [0.717, 1.165) is 38.9 Å². The highest BCUT2D eigenvalue weighted by molar-refractivity contribution is 5.88. The van der Waals surface area contributed by atoms with Crippen LogP contribution in [0.15, 0.2) is 54.6 Å². The van der Waals surface area contributed by atoms with Crippen LogP contribution in [0.5, 0.6) is 0 Å². The van der Waals surface area contributed by atoms with E-state index in [-0.39, 0.29) is 0 Å². The molecule has 140 valence electrons. The zero-order valence-corrected chi connectivity index (χ0v) is 16.0. The van der Waals surface area contributed by atoms with Crippen LogP contribution in [0, 0.1) is 27.7 Å². The number of alkyl halides is 3. The van der Waals surface area contributed by atoms with E-state index < -0.39 is 12.6 Å². The topological polar surface area (TPSA) is 0 Å². The Kier molecular flexibility index (Phi) is 5.14. The summed E-state index contributed by atoms with van der Waals surface area (Å²) in [5.41, 5.74) is 8.02. The Morgan fingerprint density at radius 1 is 0.667 bits per heavy atom. The normalized spacial score (nSPS) is 11.7. The molecular formula is C24H23F3. The van der Waals surface area contributed by atoms with E-state index >= 15 is 0 Å². The summed E-state index contributed by atoms with van der Waals surface area (Å²) in [6.07, 6.45) is -5.14. The van der Waals surface area contributed by atoms with Crippen molar-refractivity contribution in [2.75, 3.05) is 0 Å². The van der Waals surface area contributed by atoms with Crippen LogP contribution < -0.4 is 0 Å². The summed E-state index contributed by atoms with van der Waals surface area (Å²) in [5.74, 6) is 0. The molecule has 0 saturated carbocycles. The van der Waals surface area contributed by atoms with Gasteiger partial charge in [-0.1, -0.05) is 65.7 Å². The van der Waals surface area contributed by atoms with E-state index in [1.165, 1.54) is 0 Å². The molecule has 3 heteroatoms. The van der Waals surface area contributed by atoms with Gasteiger partial charge in [0.2, 0.25) is 0 Å². The molecule has 0 aliphatic rings. The van der Waals surface area contributed by atoms with Crippen LogP contribution in [-0.2, 0) is 6.42 Å². The molecule has 3 aromatic rings. The first-order valence-corrected chi connectivity index (χ1v) is 8.99. The second-order valence-electron chi connectivity index (χ2n) is 7.25. The number of halogens is 3. The molecule has 0 saturated heterocycles. The average molecular weight is 368 g/mol. The second kappa shape index (κ2) is 7.22. The van der Waals surface area contributed by atoms with E-state index in [0.29, 0.717) is 11.1 Å². The maximum atomic E-state index is 13.1. The van der Waals surface area contributed by atoms with Crippen LogP contribution in [0.25, 0.3) is 22.3 Å². The molecule has 0 aromatic heterocycles. The summed E-state index contributed by atoms with van der Waals surface area (Å²) >= 11 is 0. The lowest BCUT2D eigenvalue weighted by Gasteiger charge is -2.21. The first-order chi connectivity index (χ1) is 12.7. The molecule has 0 spiro atoms. The monoisotopic (exact) mass is 368 g/mol. The molecular weight excluding hydrogens is 345 g/mol. The van der Waals surface area contributed by atoms with Crippen molar-refractivity contribution in [3.8, 4) is 22.3 Å². The van der Waals surface area contributed by atoms with Gasteiger partial charge in [0.15, 0.2) is 0 Å². The minimum absolute atomic E-state index is 0.339. The van der Waals surface area contributed by atoms with Gasteiger partial charge in [0.05, 0.1) is 6.42 Å². The number of hydrogen-bond acceptors (Lipinski definition) is 0. The molecule has 0 radical (unpaired) electrons. The summed E-state index contributed by atoms with van der Waals surface area (Å²) in [7, 11) is 0. The van der Waals surface area contributed by atoms with E-state index in [2.05, 4.69) is 0 Å². The predicted molar refractivity (Wildman–Crippen MR) is 106 cm³/mol. The van der Waals surface area contributed by atoms with Gasteiger partial charge in [-0.05, 0) is 66.6 Å². The fraction of sp³-hybridized carbons (Fsp3) is 0.250. The fourth-order valence-corrected chi connectivity index (χ4v) is 3.56. The lowest BCUT2D eigenvalue weighted by atomic mass is 9.84. The van der Waals surface area contributed by atoms with Crippen LogP contribution in [-0.4, -0.2) is 6.18 Å². The maximum Gasteiger partial charge on any atom is 0.393 e. The lowest BCUT2D eigenvalue weighted by molar-refractivity contribution is -0.127. The fourth-order valence-electron chi connectivity index (χ4n) is 3.56. The Hall–Kier alpha value is -2.55. The van der Waals surface area contributed by atoms with Crippen molar-refractivity contribution in [2.45, 2.75) is 40.3 Å². The Bertz CT molecular complexity index is 947. The number of aryl methyl sites for hydroxylation is 3. The molecule has 0 heterocycles. The van der Waals surface area contributed by atoms with E-state index in [1.807, 2.05) is 69.3 Å². The predicted octanol–water partition coefficient (Wildman–Crippen LogP) is 7.36. The minimum Gasteiger partial charge on any atom is -0.171 e. The number of rotatable bonds is 3. The highest BCUT2D eigenvalue weighted by atomic mass is 19.4. The third-order valence-electron chi connectivity index (χ3n) is 4.96. The SMILES string of the molecule is Cc1ccc(-c2c(C)cc(CC(F)(F)F)c(C)c2-c2ccc(C)cc2)cc1. The Morgan fingerprint density at radius 2 is 1.11 bits per heavy atom. The van der Waals surface area contributed by atoms with Crippen LogP contribution in [0.4, 0.5) is 13.2 Å². The highest BCUT2D eigenvalue weighted by Gasteiger charge is 2.30. The molecule has 0 bridgehead atoms. The molecule has 0 amide bonds. The van der Waals surface area contributed by atoms with Crippen molar-refractivity contribution >= 4 is 0 Å². The largest absolute Gasteiger partial charge is 0.393 e. The van der Waals surface area contributed by atoms with Gasteiger partial charge < -0.3 is 0 Å². The van der Waals surface area contributed by atoms with Gasteiger partial charge >= 0.3 is 6.18 Å². The standard InChI is InChI=1S/C24H23F3/c1-15-5-9-19(10-6-15)22-17(3)13-21(14-24(25,26)27)18(4)23(22)20-11-7-16(2)8-12-20/h5-13H,14H2,1-4H3. The molecule has 0 aliphatic carbocycles. The Balaban J connectivity index is 2.30. The third kappa shape index (κ3) is 4.24. The smallest absolute Gasteiger partial charge is 0.171 e. The van der Waals surface area contributed by atoms with Crippen molar-refractivity contribution in [2.24, 2.45) is 0 Å². The first-order valence-electron chi connectivity index (χ1n) is 8.99. The van der Waals surface area contributed by atoms with Crippen LogP contribution in [0.3, 0.4) is 0 Å². The summed E-state index contributed by atoms with van der Waals surface area (Å²) < 4.78 is 39.3. The minimum atomic E-state index is -4.23. The molecule has 3 aromatic carbocycles. The highest BCUT2D eigenvalue weighted by Crippen LogP contribution is 2.40. The lowest BCUT2D eigenvalue weighted by Crippen LogP contribution is -2.13. The van der Waals surface area contributed by atoms with Gasteiger partial charge in [-0.15, -0.1) is 0 Å². The molecule has 27 heavy (non-hydrogen) atoms. The van der Waals surface area contributed by atoms with Crippen LogP contribution >= 0.6 is 0 Å². The third-order valence-corrected chi connectivity index (χ3v) is 4.96. The Labute approximate surface area is 158 Å². The van der Waals surface area contributed by atoms with Gasteiger partial charge in [-0.3, -0.25) is 0 Å². The first kappa shape index (κ1) is 19.2. The summed E-state index contributed by atoms with van der Waals surface area (Å²) in [6.45, 7) is 7.72. The molecule has 0 nitrogen and oxygen atoms in total. The van der Waals surface area contributed by atoms with E-state index in [1.54, 1.807) is 13.0 Å². The average Bonchev–Trinajstić information content (AvgIpc) is 2.58. The van der Waals surface area contributed by atoms with Crippen molar-refractivity contribution in [3.63, 3.8) is 0 Å². The van der Waals surface area contributed by atoms with Gasteiger partial charge in [-0.25, -0.2) is 0 Å². The van der Waals surface area contributed by atoms with Gasteiger partial charge in [0.1, 0.15) is 0 Å². The Morgan fingerprint density at radius 3 is 1.56 bits per heavy atom. The summed E-state index contributed by atoms with van der Waals surface area (Å²) in [6, 6.07) is 17.8. The molecule has 0 atom stereocenters. The van der Waals surface area contributed by atoms with Crippen LogP contribution in [0.1, 0.15) is 27.8 Å². The zero-order valence-electron chi connectivity index (χ0n) is 16.0. The van der Waals surface area contributed by atoms with Crippen molar-refractivity contribution < 1.29 is 13.2 Å². The van der Waals surface area contributed by atoms with E-state index in [4.69, 9.17) is 0 Å². The molecule has 0 N–H and O–H groups in total. The quantitative estimate of drug-likeness (QED) is 0.453. The van der Waals surface area contributed by atoms with Crippen molar-refractivity contribution in [3.05, 3.63) is 82.4 Å². The maximum absolute atomic E-state index is 13.1. The van der Waals surface area contributed by atoms with Gasteiger partial charge in [-0.2, -0.15) is 13.2 Å². The van der Waals surface area contributed by atoms with Crippen molar-refractivity contribution in [1.29, 1.82) is 0 Å². The molecule has 0 fully saturated rings. The van der Waals surface area contributed by atoms with Crippen molar-refractivity contribution in [1.82, 2.24) is 0 Å². The zero-order chi connectivity index (χ0) is 19.8. The molecule has 0 unspecified atom stereocenters. The van der Waals surface area contributed by atoms with E-state index in [9.17, 15) is 13.2 Å². The van der Waals surface area contributed by atoms with Crippen LogP contribution in [0.2, 0.25) is 0 Å². The summed E-state index contributed by atoms with van der Waals surface area (Å²) in [5, 5.41) is 0. The number of hydrogen-bond donors (Lipinski definition) is 0.